The second kappa shape index (κ2) is 10.6. The Morgan fingerprint density at radius 1 is 1.09 bits per heavy atom. The molecule has 5 nitrogen and oxygen atoms in total. The molecule has 9 heteroatoms. The van der Waals surface area contributed by atoms with Crippen LogP contribution >= 0.6 is 11.3 Å². The monoisotopic (exact) mass is 505 g/mol. The number of carboxylic acid groups (broad SMARTS) is 1. The van der Waals surface area contributed by atoms with Gasteiger partial charge in [-0.25, -0.2) is 9.78 Å². The van der Waals surface area contributed by atoms with E-state index in [1.54, 1.807) is 25.1 Å². The molecule has 0 radical (unpaired) electrons. The van der Waals surface area contributed by atoms with Crippen LogP contribution in [-0.2, 0) is 17.4 Å². The predicted octanol–water partition coefficient (Wildman–Crippen LogP) is 6.93. The summed E-state index contributed by atoms with van der Waals surface area (Å²) in [6, 6.07) is 9.80. The Hall–Kier alpha value is -3.20. The highest BCUT2D eigenvalue weighted by Crippen LogP contribution is 2.35. The van der Waals surface area contributed by atoms with E-state index in [0.29, 0.717) is 33.9 Å². The lowest BCUT2D eigenvalue weighted by molar-refractivity contribution is -0.144. The number of rotatable bonds is 9. The van der Waals surface area contributed by atoms with Gasteiger partial charge in [-0.05, 0) is 62.1 Å². The van der Waals surface area contributed by atoms with E-state index >= 15 is 0 Å². The van der Waals surface area contributed by atoms with E-state index in [2.05, 4.69) is 4.98 Å². The highest BCUT2D eigenvalue weighted by molar-refractivity contribution is 7.15. The average molecular weight is 506 g/mol. The van der Waals surface area contributed by atoms with Crippen molar-refractivity contribution in [3.63, 3.8) is 0 Å². The van der Waals surface area contributed by atoms with E-state index in [1.807, 2.05) is 13.8 Å². The van der Waals surface area contributed by atoms with Crippen molar-refractivity contribution in [1.29, 1.82) is 0 Å². The third-order valence-corrected chi connectivity index (χ3v) is 6.64. The van der Waals surface area contributed by atoms with Gasteiger partial charge in [-0.3, -0.25) is 4.79 Å². The Bertz CT molecular complexity index is 1220. The maximum absolute atomic E-state index is 12.9. The van der Waals surface area contributed by atoms with Gasteiger partial charge in [0.15, 0.2) is 11.9 Å². The van der Waals surface area contributed by atoms with Gasteiger partial charge in [0.25, 0.3) is 0 Å². The van der Waals surface area contributed by atoms with Crippen molar-refractivity contribution >= 4 is 23.1 Å². The number of hydrogen-bond donors (Lipinski definition) is 1. The first-order valence-electron chi connectivity index (χ1n) is 11.1. The molecule has 186 valence electrons. The molecule has 0 aliphatic rings. The Morgan fingerprint density at radius 3 is 2.29 bits per heavy atom. The molecule has 1 N–H and O–H groups in total. The molecule has 1 aromatic heterocycles. The number of benzene rings is 2. The molecule has 0 amide bonds. The summed E-state index contributed by atoms with van der Waals surface area (Å²) in [5.74, 6) is -0.660. The number of Topliss-reactive ketones (excluding diaryl/α,β-unsaturated/α-hetero) is 1. The van der Waals surface area contributed by atoms with Crippen LogP contribution in [0.5, 0.6) is 5.75 Å². The third kappa shape index (κ3) is 6.48. The fraction of sp³-hybridized carbons (Fsp3) is 0.346. The second-order valence-corrected chi connectivity index (χ2v) is 9.64. The van der Waals surface area contributed by atoms with Crippen LogP contribution in [0.2, 0.25) is 0 Å². The molecular formula is C26H26F3NO4S. The topological polar surface area (TPSA) is 76.5 Å². The number of ketones is 1. The van der Waals surface area contributed by atoms with Crippen molar-refractivity contribution in [1.82, 2.24) is 4.98 Å². The second-order valence-electron chi connectivity index (χ2n) is 8.56. The molecule has 2 aromatic carbocycles. The molecule has 0 bridgehead atoms. The first-order chi connectivity index (χ1) is 16.4. The number of carboxylic acids is 1. The number of alkyl halides is 3. The number of nitrogens with zero attached hydrogens (tertiary/aromatic N) is 1. The largest absolute Gasteiger partial charge is 0.479 e. The van der Waals surface area contributed by atoms with Gasteiger partial charge in [-0.15, -0.1) is 11.3 Å². The van der Waals surface area contributed by atoms with Gasteiger partial charge in [0.2, 0.25) is 0 Å². The van der Waals surface area contributed by atoms with E-state index in [-0.39, 0.29) is 18.1 Å². The Kier molecular flexibility index (Phi) is 8.00. The van der Waals surface area contributed by atoms with Crippen molar-refractivity contribution in [3.05, 3.63) is 69.7 Å². The van der Waals surface area contributed by atoms with Crippen molar-refractivity contribution in [2.24, 2.45) is 0 Å². The summed E-state index contributed by atoms with van der Waals surface area (Å²) < 4.78 is 44.0. The fourth-order valence-corrected chi connectivity index (χ4v) is 4.71. The lowest BCUT2D eigenvalue weighted by Crippen LogP contribution is -2.23. The van der Waals surface area contributed by atoms with Gasteiger partial charge in [-0.1, -0.05) is 26.0 Å². The minimum atomic E-state index is -4.40. The zero-order valence-corrected chi connectivity index (χ0v) is 20.6. The van der Waals surface area contributed by atoms with Gasteiger partial charge < -0.3 is 9.84 Å². The minimum Gasteiger partial charge on any atom is -0.479 e. The Labute approximate surface area is 205 Å². The smallest absolute Gasteiger partial charge is 0.416 e. The van der Waals surface area contributed by atoms with Crippen molar-refractivity contribution in [2.45, 2.75) is 58.7 Å². The van der Waals surface area contributed by atoms with Gasteiger partial charge >= 0.3 is 12.1 Å². The quantitative estimate of drug-likeness (QED) is 0.319. The number of thiazole rings is 1. The van der Waals surface area contributed by atoms with Gasteiger partial charge in [-0.2, -0.15) is 13.2 Å². The number of carbonyl (C=O) groups is 2. The number of halogens is 3. The lowest BCUT2D eigenvalue weighted by Gasteiger charge is -2.13. The summed E-state index contributed by atoms with van der Waals surface area (Å²) in [5, 5.41) is 9.63. The molecular weight excluding hydrogens is 479 g/mol. The molecule has 35 heavy (non-hydrogen) atoms. The summed E-state index contributed by atoms with van der Waals surface area (Å²) in [5.41, 5.74) is 1.88. The highest BCUT2D eigenvalue weighted by Gasteiger charge is 2.30. The van der Waals surface area contributed by atoms with Crippen LogP contribution in [0, 0.1) is 6.92 Å². The van der Waals surface area contributed by atoms with Crippen LogP contribution in [-0.4, -0.2) is 27.9 Å². The lowest BCUT2D eigenvalue weighted by atomic mass is 10.0. The van der Waals surface area contributed by atoms with E-state index < -0.39 is 23.8 Å². The average Bonchev–Trinajstić information content (AvgIpc) is 3.23. The third-order valence-electron chi connectivity index (χ3n) is 5.46. The number of carbonyl (C=O) groups excluding carboxylic acids is 1. The Balaban J connectivity index is 1.74. The zero-order valence-electron chi connectivity index (χ0n) is 19.8. The van der Waals surface area contributed by atoms with Gasteiger partial charge in [0.1, 0.15) is 10.8 Å². The Morgan fingerprint density at radius 2 is 1.74 bits per heavy atom. The molecule has 1 unspecified atom stereocenters. The molecule has 0 spiro atoms. The number of aryl methyl sites for hydroxylation is 2. The molecule has 0 saturated heterocycles. The highest BCUT2D eigenvalue weighted by atomic mass is 32.1. The van der Waals surface area contributed by atoms with Crippen LogP contribution in [0.25, 0.3) is 10.6 Å². The van der Waals surface area contributed by atoms with Crippen LogP contribution in [0.4, 0.5) is 13.2 Å². The van der Waals surface area contributed by atoms with E-state index in [9.17, 15) is 22.8 Å². The predicted molar refractivity (Wildman–Crippen MR) is 128 cm³/mol. The first-order valence-corrected chi connectivity index (χ1v) is 11.9. The maximum Gasteiger partial charge on any atom is 0.416 e. The molecule has 3 rings (SSSR count). The van der Waals surface area contributed by atoms with Crippen molar-refractivity contribution < 1.29 is 32.6 Å². The van der Waals surface area contributed by atoms with Crippen molar-refractivity contribution in [3.8, 4) is 16.3 Å². The summed E-state index contributed by atoms with van der Waals surface area (Å²) in [4.78, 5) is 29.4. The number of hydrogen-bond acceptors (Lipinski definition) is 5. The molecule has 0 aliphatic carbocycles. The number of ether oxygens (including phenoxy) is 1. The standard InChI is InChI=1S/C26H26F3NO4S/c1-14(2)23-22(35-24(30-23)17-5-8-19(9-6-17)26(27,28)29)12-10-20(31)18-7-11-21(15(3)13-18)34-16(4)25(32)33/h5-9,11,13-14,16H,10,12H2,1-4H3,(H,32,33). The van der Waals surface area contributed by atoms with Crippen LogP contribution in [0.15, 0.2) is 42.5 Å². The number of aliphatic carboxylic acids is 1. The molecule has 3 aromatic rings. The van der Waals surface area contributed by atoms with E-state index in [4.69, 9.17) is 9.84 Å². The molecule has 0 fully saturated rings. The van der Waals surface area contributed by atoms with Crippen molar-refractivity contribution in [2.75, 3.05) is 0 Å². The SMILES string of the molecule is Cc1cc(C(=O)CCc2sc(-c3ccc(C(F)(F)F)cc3)nc2C(C)C)ccc1OC(C)C(=O)O. The molecule has 1 heterocycles. The summed E-state index contributed by atoms with van der Waals surface area (Å²) >= 11 is 1.39. The zero-order chi connectivity index (χ0) is 25.9. The van der Waals surface area contributed by atoms with Gasteiger partial charge in [0, 0.05) is 22.4 Å². The number of aromatic nitrogens is 1. The normalized spacial score (nSPS) is 12.6. The summed E-state index contributed by atoms with van der Waals surface area (Å²) in [6.07, 6.45) is -4.71. The molecule has 0 aliphatic heterocycles. The fourth-order valence-electron chi connectivity index (χ4n) is 3.49. The molecule has 0 saturated carbocycles. The van der Waals surface area contributed by atoms with Crippen LogP contribution in [0.3, 0.4) is 0 Å². The minimum absolute atomic E-state index is 0.0786. The van der Waals surface area contributed by atoms with Gasteiger partial charge in [0.05, 0.1) is 11.3 Å². The summed E-state index contributed by atoms with van der Waals surface area (Å²) in [7, 11) is 0. The first kappa shape index (κ1) is 26.4. The molecule has 1 atom stereocenters. The van der Waals surface area contributed by atoms with Crippen LogP contribution in [0.1, 0.15) is 65.2 Å². The maximum atomic E-state index is 12.9. The summed E-state index contributed by atoms with van der Waals surface area (Å²) in [6.45, 7) is 7.15. The van der Waals surface area contributed by atoms with Crippen LogP contribution < -0.4 is 4.74 Å². The van der Waals surface area contributed by atoms with E-state index in [1.165, 1.54) is 30.4 Å². The van der Waals surface area contributed by atoms with E-state index in [0.717, 1.165) is 22.7 Å².